The molecule has 0 heterocycles. The Labute approximate surface area is 115 Å². The van der Waals surface area contributed by atoms with Crippen LogP contribution in [0.15, 0.2) is 30.3 Å². The van der Waals surface area contributed by atoms with Gasteiger partial charge in [-0.15, -0.1) is 0 Å². The highest BCUT2D eigenvalue weighted by atomic mass is 127. The fourth-order valence-corrected chi connectivity index (χ4v) is 1.94. The van der Waals surface area contributed by atoms with Crippen molar-refractivity contribution in [1.29, 1.82) is 0 Å². The van der Waals surface area contributed by atoms with Crippen molar-refractivity contribution in [2.24, 2.45) is 0 Å². The van der Waals surface area contributed by atoms with Crippen molar-refractivity contribution in [1.82, 2.24) is 0 Å². The van der Waals surface area contributed by atoms with Gasteiger partial charge in [0.2, 0.25) is 0 Å². The Hall–Kier alpha value is -1.44. The molecular weight excluding hydrogens is 356 g/mol. The number of nitrogen functional groups attached to an aromatic ring is 1. The van der Waals surface area contributed by atoms with Gasteiger partial charge in [-0.3, -0.25) is 0 Å². The summed E-state index contributed by atoms with van der Waals surface area (Å²) in [7, 11) is 0. The summed E-state index contributed by atoms with van der Waals surface area (Å²) in [6.07, 6.45) is 0. The van der Waals surface area contributed by atoms with Crippen molar-refractivity contribution < 1.29 is 13.2 Å². The van der Waals surface area contributed by atoms with E-state index < -0.39 is 17.5 Å². The minimum absolute atomic E-state index is 0.00973. The largest absolute Gasteiger partial charge is 0.399 e. The van der Waals surface area contributed by atoms with Gasteiger partial charge in [0.05, 0.1) is 9.26 Å². The van der Waals surface area contributed by atoms with Crippen LogP contribution >= 0.6 is 22.6 Å². The average molecular weight is 364 g/mol. The first-order valence-electron chi connectivity index (χ1n) is 4.94. The summed E-state index contributed by atoms with van der Waals surface area (Å²) in [4.78, 5) is 0. The molecule has 2 aromatic carbocycles. The zero-order chi connectivity index (χ0) is 13.3. The lowest BCUT2D eigenvalue weighted by atomic mass is 10.2. The van der Waals surface area contributed by atoms with E-state index in [0.717, 1.165) is 12.1 Å². The number of nitrogens with one attached hydrogen (secondary N) is 1. The van der Waals surface area contributed by atoms with Gasteiger partial charge in [0.25, 0.3) is 0 Å². The monoisotopic (exact) mass is 364 g/mol. The predicted octanol–water partition coefficient (Wildman–Crippen LogP) is 4.03. The van der Waals surface area contributed by atoms with Gasteiger partial charge in [-0.05, 0) is 46.9 Å². The van der Waals surface area contributed by atoms with E-state index in [4.69, 9.17) is 5.73 Å². The van der Waals surface area contributed by atoms with E-state index in [9.17, 15) is 13.2 Å². The molecule has 0 bridgehead atoms. The molecule has 2 nitrogen and oxygen atoms in total. The van der Waals surface area contributed by atoms with Gasteiger partial charge in [0.15, 0.2) is 11.6 Å². The molecule has 6 heteroatoms. The molecular formula is C12H8F3IN2. The highest BCUT2D eigenvalue weighted by molar-refractivity contribution is 14.1. The molecule has 0 saturated heterocycles. The van der Waals surface area contributed by atoms with E-state index in [1.165, 1.54) is 18.2 Å². The van der Waals surface area contributed by atoms with Crippen molar-refractivity contribution in [3.63, 3.8) is 0 Å². The van der Waals surface area contributed by atoms with E-state index >= 15 is 0 Å². The zero-order valence-electron chi connectivity index (χ0n) is 8.98. The van der Waals surface area contributed by atoms with Gasteiger partial charge in [-0.1, -0.05) is 6.07 Å². The van der Waals surface area contributed by atoms with Gasteiger partial charge < -0.3 is 11.1 Å². The lowest BCUT2D eigenvalue weighted by molar-refractivity contribution is 0.591. The molecule has 0 aromatic heterocycles. The van der Waals surface area contributed by atoms with E-state index in [-0.39, 0.29) is 20.6 Å². The Morgan fingerprint density at radius 2 is 1.61 bits per heavy atom. The standard InChI is InChI=1S/C12H8F3IN2/c13-7-2-1-3-10(11(7)16)18-12-8(14)4-6(17)5-9(12)15/h1-5,18H,17H2. The van der Waals surface area contributed by atoms with Crippen LogP contribution in [-0.2, 0) is 0 Å². The van der Waals surface area contributed by atoms with Gasteiger partial charge in [0.1, 0.15) is 11.5 Å². The van der Waals surface area contributed by atoms with Crippen molar-refractivity contribution in [3.05, 3.63) is 51.4 Å². The Kier molecular flexibility index (Phi) is 3.65. The summed E-state index contributed by atoms with van der Waals surface area (Å²) < 4.78 is 40.6. The van der Waals surface area contributed by atoms with Gasteiger partial charge in [-0.2, -0.15) is 0 Å². The normalized spacial score (nSPS) is 10.4. The second kappa shape index (κ2) is 5.05. The van der Waals surface area contributed by atoms with Crippen LogP contribution in [0.25, 0.3) is 0 Å². The average Bonchev–Trinajstić information content (AvgIpc) is 2.28. The molecule has 0 aliphatic heterocycles. The molecule has 0 saturated carbocycles. The summed E-state index contributed by atoms with van der Waals surface area (Å²) in [6.45, 7) is 0. The van der Waals surface area contributed by atoms with Gasteiger partial charge >= 0.3 is 0 Å². The minimum atomic E-state index is -0.826. The second-order valence-corrected chi connectivity index (χ2v) is 4.66. The third-order valence-electron chi connectivity index (χ3n) is 2.28. The zero-order valence-corrected chi connectivity index (χ0v) is 11.1. The van der Waals surface area contributed by atoms with Crippen LogP contribution in [0.3, 0.4) is 0 Å². The number of hydrogen-bond donors (Lipinski definition) is 2. The van der Waals surface area contributed by atoms with Crippen molar-refractivity contribution >= 4 is 39.7 Å². The molecule has 0 aliphatic carbocycles. The third-order valence-corrected chi connectivity index (χ3v) is 3.37. The van der Waals surface area contributed by atoms with E-state index in [1.54, 1.807) is 22.6 Å². The maximum atomic E-state index is 13.6. The first-order valence-corrected chi connectivity index (χ1v) is 6.02. The van der Waals surface area contributed by atoms with Crippen LogP contribution in [0, 0.1) is 21.0 Å². The number of halogens is 4. The number of hydrogen-bond acceptors (Lipinski definition) is 2. The molecule has 0 fully saturated rings. The summed E-state index contributed by atoms with van der Waals surface area (Å²) in [5.41, 5.74) is 5.23. The first-order chi connectivity index (χ1) is 8.49. The van der Waals surface area contributed by atoms with E-state index in [2.05, 4.69) is 5.32 Å². The summed E-state index contributed by atoms with van der Waals surface area (Å²) in [5.74, 6) is -2.11. The first kappa shape index (κ1) is 13.0. The number of nitrogens with two attached hydrogens (primary N) is 1. The Bertz CT molecular complexity index is 579. The fraction of sp³-hybridized carbons (Fsp3) is 0. The minimum Gasteiger partial charge on any atom is -0.399 e. The summed E-state index contributed by atoms with van der Waals surface area (Å²) >= 11 is 1.75. The molecule has 94 valence electrons. The molecule has 0 atom stereocenters. The SMILES string of the molecule is Nc1cc(F)c(Nc2cccc(F)c2I)c(F)c1. The number of rotatable bonds is 2. The van der Waals surface area contributed by atoms with E-state index in [1.807, 2.05) is 0 Å². The molecule has 18 heavy (non-hydrogen) atoms. The Morgan fingerprint density at radius 3 is 2.22 bits per heavy atom. The number of anilines is 3. The Morgan fingerprint density at radius 1 is 1.00 bits per heavy atom. The molecule has 2 aromatic rings. The Balaban J connectivity index is 2.43. The van der Waals surface area contributed by atoms with Crippen LogP contribution in [0.5, 0.6) is 0 Å². The third kappa shape index (κ3) is 2.53. The van der Waals surface area contributed by atoms with Crippen LogP contribution in [-0.4, -0.2) is 0 Å². The lowest BCUT2D eigenvalue weighted by Gasteiger charge is -2.11. The summed E-state index contributed by atoms with van der Waals surface area (Å²) in [5, 5.41) is 2.52. The second-order valence-electron chi connectivity index (χ2n) is 3.59. The van der Waals surface area contributed by atoms with Crippen LogP contribution in [0.2, 0.25) is 0 Å². The lowest BCUT2D eigenvalue weighted by Crippen LogP contribution is -2.01. The molecule has 0 unspecified atom stereocenters. The van der Waals surface area contributed by atoms with E-state index in [0.29, 0.717) is 0 Å². The van der Waals surface area contributed by atoms with Crippen molar-refractivity contribution in [3.8, 4) is 0 Å². The summed E-state index contributed by atoms with van der Waals surface area (Å²) in [6, 6.07) is 6.24. The van der Waals surface area contributed by atoms with Crippen LogP contribution in [0.1, 0.15) is 0 Å². The molecule has 3 N–H and O–H groups in total. The van der Waals surface area contributed by atoms with Crippen LogP contribution < -0.4 is 11.1 Å². The number of benzene rings is 2. The highest BCUT2D eigenvalue weighted by Crippen LogP contribution is 2.29. The molecule has 0 aliphatic rings. The maximum Gasteiger partial charge on any atom is 0.151 e. The van der Waals surface area contributed by atoms with Gasteiger partial charge in [-0.25, -0.2) is 13.2 Å². The molecule has 0 amide bonds. The molecule has 0 spiro atoms. The fourth-order valence-electron chi connectivity index (χ4n) is 1.45. The molecule has 0 radical (unpaired) electrons. The quantitative estimate of drug-likeness (QED) is 0.624. The van der Waals surface area contributed by atoms with Crippen molar-refractivity contribution in [2.45, 2.75) is 0 Å². The van der Waals surface area contributed by atoms with Crippen molar-refractivity contribution in [2.75, 3.05) is 11.1 Å². The highest BCUT2D eigenvalue weighted by Gasteiger charge is 2.13. The van der Waals surface area contributed by atoms with Gasteiger partial charge in [0, 0.05) is 5.69 Å². The van der Waals surface area contributed by atoms with Crippen LogP contribution in [0.4, 0.5) is 30.2 Å². The predicted molar refractivity (Wildman–Crippen MR) is 73.2 cm³/mol. The molecule has 2 rings (SSSR count). The maximum absolute atomic E-state index is 13.6. The smallest absolute Gasteiger partial charge is 0.151 e. The topological polar surface area (TPSA) is 38.0 Å².